The Hall–Kier alpha value is -1.28. The van der Waals surface area contributed by atoms with Crippen molar-refractivity contribution in [3.8, 4) is 0 Å². The van der Waals surface area contributed by atoms with Crippen molar-refractivity contribution in [2.24, 2.45) is 0 Å². The summed E-state index contributed by atoms with van der Waals surface area (Å²) in [6, 6.07) is 1.96. The molecule has 0 aliphatic carbocycles. The maximum absolute atomic E-state index is 13.6. The molecule has 1 aromatic rings. The molecule has 0 amide bonds. The van der Waals surface area contributed by atoms with E-state index in [2.05, 4.69) is 10.1 Å². The molecule has 0 saturated carbocycles. The number of hydrogen-bond acceptors (Lipinski definition) is 2. The molecule has 120 valence electrons. The molecule has 21 heavy (non-hydrogen) atoms. The second-order valence-electron chi connectivity index (χ2n) is 4.35. The third kappa shape index (κ3) is 5.20. The number of likely N-dealkylation sites (N-methyl/N-ethyl adjacent to an activating group) is 1. The lowest BCUT2D eigenvalue weighted by atomic mass is 10.1. The van der Waals surface area contributed by atoms with Gasteiger partial charge in [-0.15, -0.1) is 0 Å². The van der Waals surface area contributed by atoms with Crippen LogP contribution in [0.5, 0.6) is 0 Å². The number of alkyl halides is 4. The molecule has 1 rings (SSSR count). The van der Waals surface area contributed by atoms with Crippen LogP contribution in [-0.4, -0.2) is 32.1 Å². The highest BCUT2D eigenvalue weighted by Crippen LogP contribution is 2.24. The van der Waals surface area contributed by atoms with E-state index in [0.717, 1.165) is 12.1 Å². The zero-order valence-electron chi connectivity index (χ0n) is 11.2. The molecule has 1 atom stereocenters. The summed E-state index contributed by atoms with van der Waals surface area (Å²) in [5.74, 6) is -5.92. The molecule has 2 nitrogen and oxygen atoms in total. The molecule has 1 N–H and O–H groups in total. The highest BCUT2D eigenvalue weighted by Gasteiger charge is 2.41. The Bertz CT molecular complexity index is 454. The molecule has 1 aromatic carbocycles. The molecule has 0 aromatic heterocycles. The van der Waals surface area contributed by atoms with Crippen molar-refractivity contribution in [1.82, 2.24) is 5.32 Å². The van der Waals surface area contributed by atoms with Crippen LogP contribution in [0.4, 0.5) is 26.3 Å². The number of halogens is 6. The van der Waals surface area contributed by atoms with E-state index in [-0.39, 0.29) is 5.56 Å². The Kier molecular flexibility index (Phi) is 6.47. The average Bonchev–Trinajstić information content (AvgIpc) is 2.37. The van der Waals surface area contributed by atoms with Gasteiger partial charge in [0.25, 0.3) is 0 Å². The summed E-state index contributed by atoms with van der Waals surface area (Å²) in [5, 5.41) is 2.75. The van der Waals surface area contributed by atoms with Gasteiger partial charge in [-0.25, -0.2) is 17.6 Å². The Morgan fingerprint density at radius 3 is 2.43 bits per heavy atom. The van der Waals surface area contributed by atoms with Crippen LogP contribution in [-0.2, 0) is 4.74 Å². The Labute approximate surface area is 118 Å². The van der Waals surface area contributed by atoms with Crippen LogP contribution >= 0.6 is 0 Å². The molecule has 1 unspecified atom stereocenters. The van der Waals surface area contributed by atoms with Crippen molar-refractivity contribution in [3.63, 3.8) is 0 Å². The number of nitrogens with one attached hydrogen (secondary N) is 1. The number of benzene rings is 1. The van der Waals surface area contributed by atoms with Crippen molar-refractivity contribution >= 4 is 0 Å². The van der Waals surface area contributed by atoms with Gasteiger partial charge in [0.05, 0.1) is 12.6 Å². The third-order valence-corrected chi connectivity index (χ3v) is 2.69. The van der Waals surface area contributed by atoms with Crippen LogP contribution in [0.25, 0.3) is 0 Å². The third-order valence-electron chi connectivity index (χ3n) is 2.69. The van der Waals surface area contributed by atoms with E-state index < -0.39 is 43.2 Å². The Morgan fingerprint density at radius 2 is 1.90 bits per heavy atom. The van der Waals surface area contributed by atoms with Gasteiger partial charge >= 0.3 is 12.3 Å². The molecule has 0 bridgehead atoms. The van der Waals surface area contributed by atoms with Gasteiger partial charge in [0, 0.05) is 11.6 Å². The number of rotatable bonds is 8. The molecular weight excluding hydrogens is 300 g/mol. The highest BCUT2D eigenvalue weighted by molar-refractivity contribution is 5.22. The summed E-state index contributed by atoms with van der Waals surface area (Å²) >= 11 is 0. The van der Waals surface area contributed by atoms with Gasteiger partial charge < -0.3 is 10.1 Å². The van der Waals surface area contributed by atoms with Gasteiger partial charge in [0.2, 0.25) is 0 Å². The van der Waals surface area contributed by atoms with Gasteiger partial charge in [-0.1, -0.05) is 13.0 Å². The summed E-state index contributed by atoms with van der Waals surface area (Å²) in [5.41, 5.74) is 0.0126. The minimum absolute atomic E-state index is 0.0126. The summed E-state index contributed by atoms with van der Waals surface area (Å²) in [4.78, 5) is 0. The van der Waals surface area contributed by atoms with E-state index in [9.17, 15) is 26.3 Å². The highest BCUT2D eigenvalue weighted by atomic mass is 19.3. The van der Waals surface area contributed by atoms with Gasteiger partial charge in [-0.05, 0) is 12.6 Å². The Balaban J connectivity index is 2.70. The number of hydrogen-bond donors (Lipinski definition) is 1. The van der Waals surface area contributed by atoms with Crippen LogP contribution in [0.15, 0.2) is 18.2 Å². The van der Waals surface area contributed by atoms with Crippen molar-refractivity contribution in [1.29, 1.82) is 0 Å². The quantitative estimate of drug-likeness (QED) is 0.741. The zero-order chi connectivity index (χ0) is 16.0. The van der Waals surface area contributed by atoms with E-state index >= 15 is 0 Å². The zero-order valence-corrected chi connectivity index (χ0v) is 11.2. The van der Waals surface area contributed by atoms with Crippen LogP contribution in [0.3, 0.4) is 0 Å². The van der Waals surface area contributed by atoms with Crippen LogP contribution < -0.4 is 5.32 Å². The van der Waals surface area contributed by atoms with Crippen LogP contribution in [0.1, 0.15) is 18.5 Å². The first-order valence-corrected chi connectivity index (χ1v) is 6.20. The lowest BCUT2D eigenvalue weighted by Crippen LogP contribution is -2.34. The maximum Gasteiger partial charge on any atom is 0.330 e. The first-order chi connectivity index (χ1) is 9.77. The summed E-state index contributed by atoms with van der Waals surface area (Å²) in [6.45, 7) is 0.117. The summed E-state index contributed by atoms with van der Waals surface area (Å²) in [6.07, 6.45) is -3.84. The minimum atomic E-state index is -4.27. The summed E-state index contributed by atoms with van der Waals surface area (Å²) < 4.78 is 80.3. The smallest absolute Gasteiger partial charge is 0.330 e. The normalized spacial score (nSPS) is 13.7. The lowest BCUT2D eigenvalue weighted by molar-refractivity contribution is -0.167. The monoisotopic (exact) mass is 315 g/mol. The first-order valence-electron chi connectivity index (χ1n) is 6.20. The number of ether oxygens (including phenoxy) is 1. The SMILES string of the molecule is CCNC(COCC(F)(F)C(F)F)c1ccc(F)cc1F. The molecule has 0 heterocycles. The minimum Gasteiger partial charge on any atom is -0.373 e. The summed E-state index contributed by atoms with van der Waals surface area (Å²) in [7, 11) is 0. The maximum atomic E-state index is 13.6. The van der Waals surface area contributed by atoms with Gasteiger partial charge in [-0.2, -0.15) is 8.78 Å². The van der Waals surface area contributed by atoms with Gasteiger partial charge in [-0.3, -0.25) is 0 Å². The topological polar surface area (TPSA) is 21.3 Å². The predicted molar refractivity (Wildman–Crippen MR) is 64.5 cm³/mol. The van der Waals surface area contributed by atoms with Gasteiger partial charge in [0.1, 0.15) is 18.2 Å². The first kappa shape index (κ1) is 17.8. The fraction of sp³-hybridized carbons (Fsp3) is 0.538. The van der Waals surface area contributed by atoms with E-state index in [4.69, 9.17) is 0 Å². The van der Waals surface area contributed by atoms with E-state index in [0.29, 0.717) is 12.6 Å². The molecular formula is C13H15F6NO. The van der Waals surface area contributed by atoms with Crippen molar-refractivity contribution in [2.75, 3.05) is 19.8 Å². The Morgan fingerprint density at radius 1 is 1.24 bits per heavy atom. The largest absolute Gasteiger partial charge is 0.373 e. The van der Waals surface area contributed by atoms with Crippen molar-refractivity contribution in [2.45, 2.75) is 25.3 Å². The molecule has 0 saturated heterocycles. The average molecular weight is 315 g/mol. The fourth-order valence-electron chi connectivity index (χ4n) is 1.67. The standard InChI is InChI=1S/C13H15F6NO/c1-2-20-11(6-21-7-13(18,19)12(16)17)9-4-3-8(14)5-10(9)15/h3-5,11-12,20H,2,6-7H2,1H3. The van der Waals surface area contributed by atoms with E-state index in [1.807, 2.05) is 0 Å². The van der Waals surface area contributed by atoms with E-state index in [1.54, 1.807) is 6.92 Å². The molecule has 0 aliphatic rings. The lowest BCUT2D eigenvalue weighted by Gasteiger charge is -2.21. The van der Waals surface area contributed by atoms with Crippen LogP contribution in [0.2, 0.25) is 0 Å². The second kappa shape index (κ2) is 7.65. The predicted octanol–water partition coefficient (Wildman–Crippen LogP) is 3.53. The molecule has 0 aliphatic heterocycles. The van der Waals surface area contributed by atoms with E-state index in [1.165, 1.54) is 0 Å². The van der Waals surface area contributed by atoms with Crippen molar-refractivity contribution < 1.29 is 31.1 Å². The molecule has 0 spiro atoms. The second-order valence-corrected chi connectivity index (χ2v) is 4.35. The fourth-order valence-corrected chi connectivity index (χ4v) is 1.67. The van der Waals surface area contributed by atoms with Crippen molar-refractivity contribution in [3.05, 3.63) is 35.4 Å². The molecule has 8 heteroatoms. The van der Waals surface area contributed by atoms with Gasteiger partial charge in [0.15, 0.2) is 0 Å². The molecule has 0 radical (unpaired) electrons. The molecule has 0 fully saturated rings. The van der Waals surface area contributed by atoms with Crippen LogP contribution in [0, 0.1) is 11.6 Å².